The van der Waals surface area contributed by atoms with Crippen LogP contribution in [0.4, 0.5) is 0 Å². The van der Waals surface area contributed by atoms with Gasteiger partial charge in [-0.05, 0) is 0 Å². The Labute approximate surface area is 150 Å². The van der Waals surface area contributed by atoms with Gasteiger partial charge >= 0.3 is 0 Å². The molecule has 0 radical (unpaired) electrons. The Kier molecular flexibility index (Phi) is 7.48. The lowest BCUT2D eigenvalue weighted by Crippen LogP contribution is -2.60. The van der Waals surface area contributed by atoms with Crippen molar-refractivity contribution in [2.24, 2.45) is 0 Å². The van der Waals surface area contributed by atoms with Gasteiger partial charge < -0.3 is 44.5 Å². The molecule has 0 aromatic heterocycles. The zero-order chi connectivity index (χ0) is 19.4. The Bertz CT molecular complexity index is 534. The monoisotopic (exact) mass is 375 g/mol. The Hall–Kier alpha value is -1.13. The number of methoxy groups -OCH3 is 2. The van der Waals surface area contributed by atoms with Crippen LogP contribution in [0.3, 0.4) is 0 Å². The highest BCUT2D eigenvalue weighted by molar-refractivity contribution is 5.26. The van der Waals surface area contributed by atoms with Crippen LogP contribution in [0.25, 0.3) is 0 Å². The molecular weight excluding hydrogens is 350 g/mol. The van der Waals surface area contributed by atoms with Crippen molar-refractivity contribution in [1.29, 1.82) is 5.26 Å². The van der Waals surface area contributed by atoms with E-state index in [2.05, 4.69) is 0 Å². The van der Waals surface area contributed by atoms with Gasteiger partial charge in [-0.15, -0.1) is 0 Å². The van der Waals surface area contributed by atoms with Crippen LogP contribution < -0.4 is 0 Å². The molecule has 2 fully saturated rings. The number of allylic oxidation sites excluding steroid dienone is 1. The summed E-state index contributed by atoms with van der Waals surface area (Å²) in [5.74, 6) is 0. The molecule has 9 atom stereocenters. The summed E-state index contributed by atoms with van der Waals surface area (Å²) < 4.78 is 21.6. The van der Waals surface area contributed by atoms with E-state index in [0.29, 0.717) is 0 Å². The number of hydrogen-bond donors (Lipinski definition) is 5. The molecule has 10 heteroatoms. The number of hydrogen-bond acceptors (Lipinski definition) is 10. The second-order valence-corrected chi connectivity index (χ2v) is 6.25. The Morgan fingerprint density at radius 1 is 1.15 bits per heavy atom. The molecule has 26 heavy (non-hydrogen) atoms. The van der Waals surface area contributed by atoms with E-state index in [4.69, 9.17) is 24.2 Å². The maximum absolute atomic E-state index is 10.5. The zero-order valence-corrected chi connectivity index (χ0v) is 14.5. The molecular formula is C16H25NO9. The van der Waals surface area contributed by atoms with Gasteiger partial charge in [0.1, 0.15) is 36.6 Å². The van der Waals surface area contributed by atoms with E-state index in [9.17, 15) is 25.5 Å². The highest BCUT2D eigenvalue weighted by atomic mass is 16.7. The minimum atomic E-state index is -1.59. The zero-order valence-electron chi connectivity index (χ0n) is 14.5. The van der Waals surface area contributed by atoms with Gasteiger partial charge in [0.25, 0.3) is 0 Å². The van der Waals surface area contributed by atoms with E-state index in [0.717, 1.165) is 6.08 Å². The molecule has 0 unspecified atom stereocenters. The van der Waals surface area contributed by atoms with Gasteiger partial charge in [-0.3, -0.25) is 0 Å². The van der Waals surface area contributed by atoms with Crippen LogP contribution in [0, 0.1) is 11.3 Å². The Morgan fingerprint density at radius 2 is 1.85 bits per heavy atom. The van der Waals surface area contributed by atoms with Gasteiger partial charge in [0.2, 0.25) is 0 Å². The molecule has 0 bridgehead atoms. The summed E-state index contributed by atoms with van der Waals surface area (Å²) in [5, 5.41) is 58.5. The highest BCUT2D eigenvalue weighted by Gasteiger charge is 2.48. The molecule has 5 N–H and O–H groups in total. The minimum Gasteiger partial charge on any atom is -0.394 e. The van der Waals surface area contributed by atoms with Crippen molar-refractivity contribution in [2.75, 3.05) is 20.8 Å². The van der Waals surface area contributed by atoms with Crippen LogP contribution in [0.1, 0.15) is 6.42 Å². The van der Waals surface area contributed by atoms with Crippen LogP contribution in [-0.4, -0.2) is 101 Å². The highest BCUT2D eigenvalue weighted by Crippen LogP contribution is 2.33. The van der Waals surface area contributed by atoms with E-state index >= 15 is 0 Å². The van der Waals surface area contributed by atoms with Crippen molar-refractivity contribution in [3.8, 4) is 6.07 Å². The number of aliphatic hydroxyl groups is 5. The second kappa shape index (κ2) is 9.18. The van der Waals surface area contributed by atoms with E-state index in [-0.39, 0.29) is 12.0 Å². The standard InChI is InChI=1S/C16H25NO9/c1-23-9-5-8(7(3-4-17)11(19)15(9)24-2)25-16-14(22)13(21)12(20)10(6-18)26-16/h3,8-16,18-22H,5-6H2,1-2H3/b7-3-/t8-,9-,10-,11-,12+,13+,14+,15+,16-/m0/s1. The largest absolute Gasteiger partial charge is 0.394 e. The van der Waals surface area contributed by atoms with Gasteiger partial charge in [0.15, 0.2) is 6.29 Å². The SMILES string of the molecule is CO[C@@H]1[C@@H](OC)C[C@H](O[C@H]2O[C@@H](CO)[C@@H](O)[C@@H](O)[C@H]2O)/C(=C/C#N)[C@@H]1O. The molecule has 0 spiro atoms. The number of nitriles is 1. The molecule has 1 saturated heterocycles. The predicted molar refractivity (Wildman–Crippen MR) is 84.6 cm³/mol. The molecule has 1 saturated carbocycles. The number of aliphatic hydroxyl groups excluding tert-OH is 5. The molecule has 10 nitrogen and oxygen atoms in total. The normalized spacial score (nSPS) is 45.5. The third-order valence-electron chi connectivity index (χ3n) is 4.79. The first-order valence-electron chi connectivity index (χ1n) is 8.18. The van der Waals surface area contributed by atoms with E-state index in [1.54, 1.807) is 0 Å². The van der Waals surface area contributed by atoms with Crippen molar-refractivity contribution in [1.82, 2.24) is 0 Å². The van der Waals surface area contributed by atoms with Gasteiger partial charge in [0.05, 0.1) is 24.9 Å². The fourth-order valence-corrected chi connectivity index (χ4v) is 3.30. The molecule has 0 aromatic carbocycles. The van der Waals surface area contributed by atoms with Gasteiger partial charge in [-0.25, -0.2) is 0 Å². The summed E-state index contributed by atoms with van der Waals surface area (Å²) in [6.07, 6.45) is -9.22. The second-order valence-electron chi connectivity index (χ2n) is 6.25. The number of nitrogens with zero attached hydrogens (tertiary/aromatic N) is 1. The lowest BCUT2D eigenvalue weighted by atomic mass is 9.84. The third-order valence-corrected chi connectivity index (χ3v) is 4.79. The van der Waals surface area contributed by atoms with Crippen molar-refractivity contribution < 1.29 is 44.5 Å². The fourth-order valence-electron chi connectivity index (χ4n) is 3.30. The first kappa shape index (κ1) is 21.2. The lowest BCUT2D eigenvalue weighted by Gasteiger charge is -2.44. The maximum Gasteiger partial charge on any atom is 0.187 e. The van der Waals surface area contributed by atoms with Crippen molar-refractivity contribution in [3.63, 3.8) is 0 Å². The van der Waals surface area contributed by atoms with Gasteiger partial charge in [-0.2, -0.15) is 5.26 Å². The molecule has 148 valence electrons. The molecule has 2 rings (SSSR count). The van der Waals surface area contributed by atoms with E-state index in [1.165, 1.54) is 14.2 Å². The maximum atomic E-state index is 10.5. The topological polar surface area (TPSA) is 162 Å². The molecule has 0 aromatic rings. The molecule has 1 aliphatic heterocycles. The van der Waals surface area contributed by atoms with Crippen LogP contribution in [0.2, 0.25) is 0 Å². The van der Waals surface area contributed by atoms with Crippen LogP contribution in [0.5, 0.6) is 0 Å². The van der Waals surface area contributed by atoms with Crippen LogP contribution >= 0.6 is 0 Å². The first-order valence-corrected chi connectivity index (χ1v) is 8.18. The first-order chi connectivity index (χ1) is 12.4. The van der Waals surface area contributed by atoms with E-state index < -0.39 is 61.7 Å². The van der Waals surface area contributed by atoms with Crippen LogP contribution in [-0.2, 0) is 18.9 Å². The Morgan fingerprint density at radius 3 is 2.38 bits per heavy atom. The van der Waals surface area contributed by atoms with Crippen molar-refractivity contribution in [2.45, 2.75) is 61.5 Å². The molecule has 1 aliphatic carbocycles. The number of ether oxygens (including phenoxy) is 4. The quantitative estimate of drug-likeness (QED) is 0.323. The summed E-state index contributed by atoms with van der Waals surface area (Å²) in [4.78, 5) is 0. The fraction of sp³-hybridized carbons (Fsp3) is 0.812. The van der Waals surface area contributed by atoms with Crippen molar-refractivity contribution >= 4 is 0 Å². The summed E-state index contributed by atoms with van der Waals surface area (Å²) in [7, 11) is 2.84. The predicted octanol–water partition coefficient (Wildman–Crippen LogP) is -2.58. The van der Waals surface area contributed by atoms with Crippen LogP contribution in [0.15, 0.2) is 11.6 Å². The average molecular weight is 375 g/mol. The summed E-state index contributed by atoms with van der Waals surface area (Å²) in [6.45, 7) is -0.592. The number of rotatable bonds is 5. The van der Waals surface area contributed by atoms with Gasteiger partial charge in [0, 0.05) is 32.3 Å². The van der Waals surface area contributed by atoms with Gasteiger partial charge in [-0.1, -0.05) is 0 Å². The smallest absolute Gasteiger partial charge is 0.187 e. The summed E-state index contributed by atoms with van der Waals surface area (Å²) in [6, 6.07) is 1.83. The van der Waals surface area contributed by atoms with E-state index in [1.807, 2.05) is 6.07 Å². The summed E-state index contributed by atoms with van der Waals surface area (Å²) in [5.41, 5.74) is 0.213. The Balaban J connectivity index is 2.22. The molecule has 1 heterocycles. The summed E-state index contributed by atoms with van der Waals surface area (Å²) >= 11 is 0. The minimum absolute atomic E-state index is 0.189. The molecule has 2 aliphatic rings. The van der Waals surface area contributed by atoms with Crippen molar-refractivity contribution in [3.05, 3.63) is 11.6 Å². The third kappa shape index (κ3) is 4.07. The lowest BCUT2D eigenvalue weighted by molar-refractivity contribution is -0.312. The molecule has 0 amide bonds. The average Bonchev–Trinajstić information content (AvgIpc) is 2.64.